The number of hydrogen-bond acceptors (Lipinski definition) is 3. The fraction of sp³-hybridized carbons (Fsp3) is 0. The van der Waals surface area contributed by atoms with Crippen molar-refractivity contribution < 1.29 is 46.9 Å². The number of nitrogens with one attached hydrogen (secondary N) is 1. The molecule has 0 unspecified atom stereocenters. The van der Waals surface area contributed by atoms with E-state index in [1.165, 1.54) is 18.2 Å². The van der Waals surface area contributed by atoms with Crippen LogP contribution in [0.25, 0.3) is 10.9 Å². The second-order valence-electron chi connectivity index (χ2n) is 2.82. The maximum absolute atomic E-state index is 12.7. The Kier molecular flexibility index (Phi) is 3.57. The van der Waals surface area contributed by atoms with Crippen LogP contribution in [0.3, 0.4) is 0 Å². The molecular weight excluding hydrogens is 232 g/mol. The number of halogens is 1. The zero-order chi connectivity index (χ0) is 10.3. The molecule has 0 aliphatic heterocycles. The smallest absolute Gasteiger partial charge is 0.743 e. The van der Waals surface area contributed by atoms with E-state index in [1.54, 1.807) is 0 Å². The Morgan fingerprint density at radius 2 is 1.93 bits per heavy atom. The van der Waals surface area contributed by atoms with Gasteiger partial charge in [0.1, 0.15) is 21.0 Å². The van der Waals surface area contributed by atoms with E-state index in [-0.39, 0.29) is 29.6 Å². The number of benzene rings is 1. The number of hydrogen-bond donors (Lipinski definition) is 1. The summed E-state index contributed by atoms with van der Waals surface area (Å²) in [6.07, 6.45) is 0. The molecule has 0 amide bonds. The Labute approximate surface area is 108 Å². The van der Waals surface area contributed by atoms with E-state index >= 15 is 0 Å². The molecule has 0 aliphatic carbocycles. The van der Waals surface area contributed by atoms with E-state index < -0.39 is 21.0 Å². The van der Waals surface area contributed by atoms with Crippen molar-refractivity contribution >= 4 is 21.0 Å². The van der Waals surface area contributed by atoms with Crippen molar-refractivity contribution in [3.05, 3.63) is 30.1 Å². The van der Waals surface area contributed by atoms with E-state index in [1.807, 2.05) is 0 Å². The van der Waals surface area contributed by atoms with Crippen LogP contribution in [0.5, 0.6) is 0 Å². The van der Waals surface area contributed by atoms with Gasteiger partial charge < -0.3 is 9.54 Å². The zero-order valence-corrected chi connectivity index (χ0v) is 10.6. The van der Waals surface area contributed by atoms with E-state index in [4.69, 9.17) is 0 Å². The number of fused-ring (bicyclic) bond motifs is 1. The largest absolute Gasteiger partial charge is 1.00 e. The van der Waals surface area contributed by atoms with Crippen LogP contribution < -0.4 is 29.6 Å². The van der Waals surface area contributed by atoms with Gasteiger partial charge in [0.2, 0.25) is 0 Å². The van der Waals surface area contributed by atoms with E-state index in [0.29, 0.717) is 10.9 Å². The van der Waals surface area contributed by atoms with Crippen molar-refractivity contribution in [3.63, 3.8) is 0 Å². The fourth-order valence-electron chi connectivity index (χ4n) is 1.21. The SMILES string of the molecule is O=S(=O)([O-])c1cc2ccc(F)cc2[nH]1.[Na+]. The normalized spacial score (nSPS) is 11.3. The van der Waals surface area contributed by atoms with Crippen LogP contribution in [0.15, 0.2) is 29.3 Å². The summed E-state index contributed by atoms with van der Waals surface area (Å²) in [6, 6.07) is 4.90. The molecule has 15 heavy (non-hydrogen) atoms. The summed E-state index contributed by atoms with van der Waals surface area (Å²) in [5.74, 6) is -0.491. The third-order valence-corrected chi connectivity index (χ3v) is 2.59. The summed E-state index contributed by atoms with van der Waals surface area (Å²) in [7, 11) is -4.51. The van der Waals surface area contributed by atoms with E-state index in [0.717, 1.165) is 6.07 Å². The molecule has 1 heterocycles. The second-order valence-corrected chi connectivity index (χ2v) is 4.17. The van der Waals surface area contributed by atoms with Crippen molar-refractivity contribution in [3.8, 4) is 0 Å². The van der Waals surface area contributed by atoms with Gasteiger partial charge in [-0.2, -0.15) is 0 Å². The van der Waals surface area contributed by atoms with E-state index in [9.17, 15) is 17.4 Å². The molecule has 0 radical (unpaired) electrons. The number of aromatic amines is 1. The van der Waals surface area contributed by atoms with Crippen LogP contribution >= 0.6 is 0 Å². The predicted molar refractivity (Wildman–Crippen MR) is 46.2 cm³/mol. The first-order chi connectivity index (χ1) is 6.47. The van der Waals surface area contributed by atoms with Crippen molar-refractivity contribution in [1.29, 1.82) is 0 Å². The molecule has 4 nitrogen and oxygen atoms in total. The Hall–Kier alpha value is -0.400. The van der Waals surface area contributed by atoms with Crippen molar-refractivity contribution in [2.75, 3.05) is 0 Å². The summed E-state index contributed by atoms with van der Waals surface area (Å²) in [4.78, 5) is 2.34. The van der Waals surface area contributed by atoms with Crippen molar-refractivity contribution in [2.45, 2.75) is 5.03 Å². The van der Waals surface area contributed by atoms with Gasteiger partial charge in [-0.05, 0) is 24.3 Å². The molecule has 7 heteroatoms. The maximum Gasteiger partial charge on any atom is 1.00 e. The van der Waals surface area contributed by atoms with Crippen LogP contribution in [0.1, 0.15) is 0 Å². The summed E-state index contributed by atoms with van der Waals surface area (Å²) in [5.41, 5.74) is 0.291. The molecule has 74 valence electrons. The quantitative estimate of drug-likeness (QED) is 0.470. The monoisotopic (exact) mass is 237 g/mol. The average molecular weight is 237 g/mol. The van der Waals surface area contributed by atoms with Gasteiger partial charge >= 0.3 is 29.6 Å². The topological polar surface area (TPSA) is 73.0 Å². The Balaban J connectivity index is 0.00000112. The van der Waals surface area contributed by atoms with Gasteiger partial charge in [-0.25, -0.2) is 12.8 Å². The van der Waals surface area contributed by atoms with Crippen LogP contribution in [0, 0.1) is 5.82 Å². The molecule has 2 rings (SSSR count). The number of aromatic nitrogens is 1. The van der Waals surface area contributed by atoms with Gasteiger partial charge in [0.25, 0.3) is 0 Å². The Morgan fingerprint density at radius 3 is 2.53 bits per heavy atom. The van der Waals surface area contributed by atoms with Gasteiger partial charge in [0.15, 0.2) is 0 Å². The molecule has 0 fully saturated rings. The molecule has 0 bridgehead atoms. The first kappa shape index (κ1) is 12.7. The minimum atomic E-state index is -4.51. The standard InChI is InChI=1S/C8H6FNO3S.Na/c9-6-2-1-5-3-8(14(11,12)13)10-7(5)4-6;/h1-4,10H,(H,11,12,13);/q;+1/p-1. The Bertz CT molecular complexity index is 593. The van der Waals surface area contributed by atoms with Crippen molar-refractivity contribution in [2.24, 2.45) is 0 Å². The van der Waals surface area contributed by atoms with Crippen molar-refractivity contribution in [1.82, 2.24) is 4.98 Å². The summed E-state index contributed by atoms with van der Waals surface area (Å²) in [6.45, 7) is 0. The predicted octanol–water partition coefficient (Wildman–Crippen LogP) is -1.78. The first-order valence-electron chi connectivity index (χ1n) is 3.71. The van der Waals surface area contributed by atoms with E-state index in [2.05, 4.69) is 4.98 Å². The third kappa shape index (κ3) is 2.59. The molecule has 0 saturated heterocycles. The minimum absolute atomic E-state index is 0. The van der Waals surface area contributed by atoms with Gasteiger partial charge in [-0.15, -0.1) is 0 Å². The zero-order valence-electron chi connectivity index (χ0n) is 7.82. The van der Waals surface area contributed by atoms with Gasteiger partial charge in [-0.1, -0.05) is 0 Å². The number of H-pyrrole nitrogens is 1. The second kappa shape index (κ2) is 4.23. The summed E-state index contributed by atoms with van der Waals surface area (Å²) >= 11 is 0. The van der Waals surface area contributed by atoms with Crippen LogP contribution in [-0.2, 0) is 10.1 Å². The average Bonchev–Trinajstić information content (AvgIpc) is 2.45. The van der Waals surface area contributed by atoms with Crippen LogP contribution in [-0.4, -0.2) is 18.0 Å². The molecule has 0 saturated carbocycles. The van der Waals surface area contributed by atoms with Crippen LogP contribution in [0.4, 0.5) is 4.39 Å². The number of rotatable bonds is 1. The molecule has 0 spiro atoms. The fourth-order valence-corrected chi connectivity index (χ4v) is 1.71. The molecule has 1 N–H and O–H groups in total. The van der Waals surface area contributed by atoms with Gasteiger partial charge in [-0.3, -0.25) is 0 Å². The third-order valence-electron chi connectivity index (χ3n) is 1.83. The molecule has 0 aliphatic rings. The van der Waals surface area contributed by atoms with Crippen LogP contribution in [0.2, 0.25) is 0 Å². The van der Waals surface area contributed by atoms with Gasteiger partial charge in [0, 0.05) is 10.9 Å². The Morgan fingerprint density at radius 1 is 1.27 bits per heavy atom. The molecule has 0 atom stereocenters. The minimum Gasteiger partial charge on any atom is -0.743 e. The van der Waals surface area contributed by atoms with Gasteiger partial charge in [0.05, 0.1) is 0 Å². The molecule has 1 aromatic heterocycles. The molecule has 2 aromatic rings. The first-order valence-corrected chi connectivity index (χ1v) is 5.12. The maximum atomic E-state index is 12.7. The molecular formula is C8H5FNNaO3S. The summed E-state index contributed by atoms with van der Waals surface area (Å²) < 4.78 is 44.5. The summed E-state index contributed by atoms with van der Waals surface area (Å²) in [5, 5.41) is 0.0407. The molecule has 1 aromatic carbocycles.